The second-order valence-corrected chi connectivity index (χ2v) is 5.67. The summed E-state index contributed by atoms with van der Waals surface area (Å²) in [5, 5.41) is 10.8. The molecule has 106 valence electrons. The van der Waals surface area contributed by atoms with Gasteiger partial charge in [0.05, 0.1) is 7.11 Å². The van der Waals surface area contributed by atoms with Crippen LogP contribution in [-0.4, -0.2) is 35.5 Å². The van der Waals surface area contributed by atoms with E-state index in [4.69, 9.17) is 10.1 Å². The van der Waals surface area contributed by atoms with E-state index in [0.717, 1.165) is 24.2 Å². The van der Waals surface area contributed by atoms with Crippen LogP contribution in [0.5, 0.6) is 5.75 Å². The molecule has 5 nitrogen and oxygen atoms in total. The van der Waals surface area contributed by atoms with Gasteiger partial charge in [0, 0.05) is 12.5 Å². The molecule has 1 aliphatic carbocycles. The molecule has 2 N–H and O–H groups in total. The van der Waals surface area contributed by atoms with Crippen molar-refractivity contribution in [1.29, 1.82) is 5.41 Å². The van der Waals surface area contributed by atoms with E-state index in [2.05, 4.69) is 5.32 Å². The topological polar surface area (TPSA) is 65.4 Å². The molecular weight excluding hydrogens is 254 g/mol. The summed E-state index contributed by atoms with van der Waals surface area (Å²) in [4.78, 5) is 13.9. The Balaban J connectivity index is 1.94. The lowest BCUT2D eigenvalue weighted by molar-refractivity contribution is 0.174. The normalized spacial score (nSPS) is 25.8. The lowest BCUT2D eigenvalue weighted by Crippen LogP contribution is -2.49. The molecule has 0 radical (unpaired) electrons. The van der Waals surface area contributed by atoms with Crippen molar-refractivity contribution in [1.82, 2.24) is 10.2 Å². The van der Waals surface area contributed by atoms with Crippen LogP contribution in [0.4, 0.5) is 4.79 Å². The standard InChI is InChI=1S/C15H19N3O2/c1-15(9-10-5-3-4-6-12(10)20-2)13(16)17-14(19)18(15)11-7-8-11/h3-6,11H,7-9H2,1-2H3,(H2,16,17,19). The number of nitrogens with zero attached hydrogens (tertiary/aromatic N) is 1. The van der Waals surface area contributed by atoms with Gasteiger partial charge in [0.2, 0.25) is 0 Å². The Hall–Kier alpha value is -2.04. The zero-order valence-corrected chi connectivity index (χ0v) is 11.8. The van der Waals surface area contributed by atoms with E-state index in [9.17, 15) is 4.79 Å². The van der Waals surface area contributed by atoms with Gasteiger partial charge in [0.1, 0.15) is 17.1 Å². The molecule has 20 heavy (non-hydrogen) atoms. The number of benzene rings is 1. The summed E-state index contributed by atoms with van der Waals surface area (Å²) in [5.74, 6) is 1.08. The second kappa shape index (κ2) is 4.51. The third kappa shape index (κ3) is 1.94. The Morgan fingerprint density at radius 3 is 2.80 bits per heavy atom. The smallest absolute Gasteiger partial charge is 0.323 e. The van der Waals surface area contributed by atoms with Crippen molar-refractivity contribution in [2.24, 2.45) is 0 Å². The second-order valence-electron chi connectivity index (χ2n) is 5.67. The monoisotopic (exact) mass is 273 g/mol. The summed E-state index contributed by atoms with van der Waals surface area (Å²) in [6, 6.07) is 7.91. The molecule has 0 aromatic heterocycles. The number of hydrogen-bond donors (Lipinski definition) is 2. The Morgan fingerprint density at radius 2 is 2.15 bits per heavy atom. The van der Waals surface area contributed by atoms with Gasteiger partial charge in [-0.25, -0.2) is 4.79 Å². The molecule has 5 heteroatoms. The highest BCUT2D eigenvalue weighted by Crippen LogP contribution is 2.38. The first-order chi connectivity index (χ1) is 9.56. The van der Waals surface area contributed by atoms with Crippen molar-refractivity contribution in [2.45, 2.75) is 37.8 Å². The molecule has 1 unspecified atom stereocenters. The molecule has 2 aliphatic rings. The van der Waals surface area contributed by atoms with Crippen molar-refractivity contribution in [3.63, 3.8) is 0 Å². The van der Waals surface area contributed by atoms with Crippen LogP contribution in [0.25, 0.3) is 0 Å². The summed E-state index contributed by atoms with van der Waals surface area (Å²) in [6.07, 6.45) is 2.65. The van der Waals surface area contributed by atoms with Crippen LogP contribution >= 0.6 is 0 Å². The Bertz CT molecular complexity index is 568. The molecule has 1 aromatic carbocycles. The van der Waals surface area contributed by atoms with Gasteiger partial charge < -0.3 is 9.64 Å². The zero-order valence-electron chi connectivity index (χ0n) is 11.8. The number of para-hydroxylation sites is 1. The van der Waals surface area contributed by atoms with Gasteiger partial charge in [0.25, 0.3) is 0 Å². The van der Waals surface area contributed by atoms with Gasteiger partial charge in [-0.2, -0.15) is 0 Å². The molecule has 2 fully saturated rings. The third-order valence-electron chi connectivity index (χ3n) is 4.16. The van der Waals surface area contributed by atoms with Crippen LogP contribution in [0, 0.1) is 5.41 Å². The van der Waals surface area contributed by atoms with Gasteiger partial charge in [-0.15, -0.1) is 0 Å². The number of amidine groups is 1. The van der Waals surface area contributed by atoms with E-state index in [1.54, 1.807) is 7.11 Å². The van der Waals surface area contributed by atoms with Crippen LogP contribution < -0.4 is 10.1 Å². The maximum Gasteiger partial charge on any atom is 0.323 e. The minimum absolute atomic E-state index is 0.144. The van der Waals surface area contributed by atoms with Gasteiger partial charge in [0.15, 0.2) is 0 Å². The molecule has 3 rings (SSSR count). The average Bonchev–Trinajstić information content (AvgIpc) is 3.20. The number of rotatable bonds is 4. The quantitative estimate of drug-likeness (QED) is 0.883. The first kappa shape index (κ1) is 13.0. The van der Waals surface area contributed by atoms with Crippen molar-refractivity contribution in [3.05, 3.63) is 29.8 Å². The van der Waals surface area contributed by atoms with Gasteiger partial charge in [-0.1, -0.05) is 18.2 Å². The summed E-state index contributed by atoms with van der Waals surface area (Å²) in [7, 11) is 1.64. The average molecular weight is 273 g/mol. The zero-order chi connectivity index (χ0) is 14.3. The van der Waals surface area contributed by atoms with Crippen LogP contribution in [0.1, 0.15) is 25.3 Å². The van der Waals surface area contributed by atoms with Crippen molar-refractivity contribution in [3.8, 4) is 5.75 Å². The molecule has 2 amide bonds. The number of ether oxygens (including phenoxy) is 1. The fraction of sp³-hybridized carbons (Fsp3) is 0.467. The minimum atomic E-state index is -0.604. The molecule has 1 aromatic rings. The highest BCUT2D eigenvalue weighted by Gasteiger charge is 2.52. The number of carbonyl (C=O) groups excluding carboxylic acids is 1. The fourth-order valence-electron chi connectivity index (χ4n) is 2.94. The molecule has 1 saturated heterocycles. The van der Waals surface area contributed by atoms with Crippen LogP contribution in [-0.2, 0) is 6.42 Å². The number of urea groups is 1. The van der Waals surface area contributed by atoms with Gasteiger partial charge in [-0.3, -0.25) is 10.7 Å². The van der Waals surface area contributed by atoms with Gasteiger partial charge >= 0.3 is 6.03 Å². The predicted octanol–water partition coefficient (Wildman–Crippen LogP) is 2.16. The van der Waals surface area contributed by atoms with E-state index in [-0.39, 0.29) is 17.9 Å². The maximum atomic E-state index is 12.1. The number of amides is 2. The van der Waals surface area contributed by atoms with Crippen LogP contribution in [0.2, 0.25) is 0 Å². The first-order valence-corrected chi connectivity index (χ1v) is 6.87. The van der Waals surface area contributed by atoms with Crippen LogP contribution in [0.3, 0.4) is 0 Å². The van der Waals surface area contributed by atoms with E-state index in [1.807, 2.05) is 36.1 Å². The summed E-state index contributed by atoms with van der Waals surface area (Å²) in [5.41, 5.74) is 0.414. The predicted molar refractivity (Wildman–Crippen MR) is 76.2 cm³/mol. The maximum absolute atomic E-state index is 12.1. The molecule has 1 aliphatic heterocycles. The summed E-state index contributed by atoms with van der Waals surface area (Å²) in [6.45, 7) is 1.96. The third-order valence-corrected chi connectivity index (χ3v) is 4.16. The van der Waals surface area contributed by atoms with E-state index in [1.165, 1.54) is 0 Å². The Labute approximate surface area is 118 Å². The number of carbonyl (C=O) groups is 1. The highest BCUT2D eigenvalue weighted by atomic mass is 16.5. The van der Waals surface area contributed by atoms with Crippen LogP contribution in [0.15, 0.2) is 24.3 Å². The van der Waals surface area contributed by atoms with E-state index >= 15 is 0 Å². The molecule has 1 atom stereocenters. The molecule has 1 heterocycles. The lowest BCUT2D eigenvalue weighted by atomic mass is 9.90. The SMILES string of the molecule is COc1ccccc1CC1(C)C(=N)NC(=O)N1C1CC1. The summed E-state index contributed by atoms with van der Waals surface area (Å²) < 4.78 is 5.38. The number of nitrogens with one attached hydrogen (secondary N) is 2. The largest absolute Gasteiger partial charge is 0.496 e. The molecular formula is C15H19N3O2. The van der Waals surface area contributed by atoms with Crippen molar-refractivity contribution in [2.75, 3.05) is 7.11 Å². The first-order valence-electron chi connectivity index (χ1n) is 6.87. The van der Waals surface area contributed by atoms with Crippen molar-refractivity contribution >= 4 is 11.9 Å². The molecule has 0 spiro atoms. The van der Waals surface area contributed by atoms with E-state index < -0.39 is 5.54 Å². The summed E-state index contributed by atoms with van der Waals surface area (Å²) >= 11 is 0. The molecule has 1 saturated carbocycles. The minimum Gasteiger partial charge on any atom is -0.496 e. The molecule has 0 bridgehead atoms. The Morgan fingerprint density at radius 1 is 1.45 bits per heavy atom. The number of methoxy groups -OCH3 is 1. The Kier molecular flexibility index (Phi) is 2.92. The fourth-order valence-corrected chi connectivity index (χ4v) is 2.94. The lowest BCUT2D eigenvalue weighted by Gasteiger charge is -2.33. The van der Waals surface area contributed by atoms with Crippen molar-refractivity contribution < 1.29 is 9.53 Å². The number of hydrogen-bond acceptors (Lipinski definition) is 3. The van der Waals surface area contributed by atoms with Gasteiger partial charge in [-0.05, 0) is 31.4 Å². The highest BCUT2D eigenvalue weighted by molar-refractivity contribution is 6.08. The van der Waals surface area contributed by atoms with E-state index in [0.29, 0.717) is 6.42 Å².